The van der Waals surface area contributed by atoms with Crippen LogP contribution in [-0.2, 0) is 21.4 Å². The van der Waals surface area contributed by atoms with Gasteiger partial charge in [0.05, 0.1) is 6.42 Å². The number of rotatable bonds is 2. The highest BCUT2D eigenvalue weighted by Gasteiger charge is 2.60. The van der Waals surface area contributed by atoms with Crippen molar-refractivity contribution in [2.45, 2.75) is 56.8 Å². The summed E-state index contributed by atoms with van der Waals surface area (Å²) in [5.74, 6) is 0.597. The monoisotopic (exact) mass is 327 g/mol. The molecule has 1 unspecified atom stereocenters. The molecule has 1 aromatic carbocycles. The molecular weight excluding hydrogens is 302 g/mol. The van der Waals surface area contributed by atoms with Gasteiger partial charge in [0.1, 0.15) is 0 Å². The Kier molecular flexibility index (Phi) is 3.14. The van der Waals surface area contributed by atoms with E-state index in [-0.39, 0.29) is 23.3 Å². The first-order valence-electron chi connectivity index (χ1n) is 9.28. The van der Waals surface area contributed by atoms with Crippen molar-refractivity contribution in [1.29, 1.82) is 0 Å². The van der Waals surface area contributed by atoms with E-state index in [0.29, 0.717) is 6.42 Å². The molecule has 2 aliphatic heterocycles. The van der Waals surface area contributed by atoms with Crippen molar-refractivity contribution in [3.63, 3.8) is 0 Å². The first-order chi connectivity index (χ1) is 11.6. The predicted molar refractivity (Wildman–Crippen MR) is 89.5 cm³/mol. The number of esters is 1. The van der Waals surface area contributed by atoms with E-state index in [0.717, 1.165) is 31.8 Å². The van der Waals surface area contributed by atoms with Crippen LogP contribution in [0.25, 0.3) is 0 Å². The molecule has 1 saturated carbocycles. The number of aryl methyl sites for hydroxylation is 1. The molecule has 5 rings (SSSR count). The van der Waals surface area contributed by atoms with Gasteiger partial charge in [-0.3, -0.25) is 9.69 Å². The topological polar surface area (TPSA) is 49.8 Å². The van der Waals surface area contributed by atoms with E-state index in [1.54, 1.807) is 0 Å². The van der Waals surface area contributed by atoms with Gasteiger partial charge in [-0.2, -0.15) is 0 Å². The maximum atomic E-state index is 12.2. The number of aliphatic hydroxyl groups excluding tert-OH is 1. The van der Waals surface area contributed by atoms with Crippen molar-refractivity contribution in [2.24, 2.45) is 11.8 Å². The molecule has 0 spiro atoms. The lowest BCUT2D eigenvalue weighted by atomic mass is 9.54. The van der Waals surface area contributed by atoms with Crippen molar-refractivity contribution in [3.05, 3.63) is 34.9 Å². The molecule has 128 valence electrons. The second kappa shape index (κ2) is 5.06. The maximum absolute atomic E-state index is 12.2. The highest BCUT2D eigenvalue weighted by Crippen LogP contribution is 2.55. The molecule has 2 saturated heterocycles. The molecule has 2 bridgehead atoms. The average molecular weight is 327 g/mol. The zero-order chi connectivity index (χ0) is 16.5. The summed E-state index contributed by atoms with van der Waals surface area (Å²) in [6.07, 6.45) is 4.04. The molecule has 1 aromatic rings. The summed E-state index contributed by atoms with van der Waals surface area (Å²) in [4.78, 5) is 14.8. The van der Waals surface area contributed by atoms with E-state index in [1.165, 1.54) is 29.5 Å². The number of carbonyl (C=O) groups excluding carboxylic acids is 1. The summed E-state index contributed by atoms with van der Waals surface area (Å²) in [6.45, 7) is 4.28. The average Bonchev–Trinajstić information content (AvgIpc) is 3.34. The molecule has 2 aliphatic carbocycles. The zero-order valence-electron chi connectivity index (χ0n) is 14.2. The van der Waals surface area contributed by atoms with Crippen molar-refractivity contribution < 1.29 is 14.6 Å². The second-order valence-electron chi connectivity index (χ2n) is 8.36. The molecule has 4 nitrogen and oxygen atoms in total. The van der Waals surface area contributed by atoms with Crippen LogP contribution in [0.5, 0.6) is 0 Å². The number of nitrogens with zero attached hydrogens (tertiary/aromatic N) is 1. The van der Waals surface area contributed by atoms with Gasteiger partial charge < -0.3 is 9.84 Å². The third-order valence-corrected chi connectivity index (χ3v) is 6.81. The quantitative estimate of drug-likeness (QED) is 0.846. The Labute approximate surface area is 142 Å². The summed E-state index contributed by atoms with van der Waals surface area (Å²) in [5, 5.41) is 10.7. The van der Waals surface area contributed by atoms with Gasteiger partial charge in [-0.15, -0.1) is 0 Å². The number of carbonyl (C=O) groups is 1. The van der Waals surface area contributed by atoms with Gasteiger partial charge in [0.15, 0.2) is 0 Å². The maximum Gasteiger partial charge on any atom is 0.309 e. The Bertz CT molecular complexity index is 698. The Hall–Kier alpha value is -1.39. The van der Waals surface area contributed by atoms with Crippen LogP contribution >= 0.6 is 0 Å². The lowest BCUT2D eigenvalue weighted by Gasteiger charge is -2.59. The van der Waals surface area contributed by atoms with Gasteiger partial charge in [-0.1, -0.05) is 23.8 Å². The largest absolute Gasteiger partial charge is 0.436 e. The molecule has 3 fully saturated rings. The van der Waals surface area contributed by atoms with E-state index in [1.807, 2.05) is 0 Å². The number of benzene rings is 1. The number of hydrogen-bond donors (Lipinski definition) is 1. The smallest absolute Gasteiger partial charge is 0.309 e. The third-order valence-electron chi connectivity index (χ3n) is 6.81. The number of ether oxygens (including phenoxy) is 1. The van der Waals surface area contributed by atoms with Crippen LogP contribution in [-0.4, -0.2) is 41.4 Å². The van der Waals surface area contributed by atoms with E-state index in [4.69, 9.17) is 4.74 Å². The number of fused-ring (bicyclic) bond motifs is 1. The van der Waals surface area contributed by atoms with Crippen LogP contribution in [0.4, 0.5) is 0 Å². The van der Waals surface area contributed by atoms with E-state index < -0.39 is 6.29 Å². The van der Waals surface area contributed by atoms with Crippen LogP contribution in [0.15, 0.2) is 18.2 Å². The minimum Gasteiger partial charge on any atom is -0.436 e. The first kappa shape index (κ1) is 14.9. The van der Waals surface area contributed by atoms with Crippen LogP contribution in [0.2, 0.25) is 0 Å². The molecule has 2 heterocycles. The Morgan fingerprint density at radius 3 is 3.00 bits per heavy atom. The Morgan fingerprint density at radius 1 is 1.38 bits per heavy atom. The highest BCUT2D eigenvalue weighted by atomic mass is 16.6. The Morgan fingerprint density at radius 2 is 2.21 bits per heavy atom. The van der Waals surface area contributed by atoms with Crippen molar-refractivity contribution in [3.8, 4) is 0 Å². The second-order valence-corrected chi connectivity index (χ2v) is 8.36. The summed E-state index contributed by atoms with van der Waals surface area (Å²) >= 11 is 0. The summed E-state index contributed by atoms with van der Waals surface area (Å²) in [6, 6.07) is 6.95. The minimum absolute atomic E-state index is 0.0111. The molecule has 0 amide bonds. The fraction of sp³-hybridized carbons (Fsp3) is 0.650. The van der Waals surface area contributed by atoms with E-state index in [2.05, 4.69) is 30.0 Å². The molecular formula is C20H25NO3. The van der Waals surface area contributed by atoms with Gasteiger partial charge in [0.25, 0.3) is 0 Å². The number of hydrogen-bond acceptors (Lipinski definition) is 4. The summed E-state index contributed by atoms with van der Waals surface area (Å²) in [7, 11) is 0. The molecule has 4 heteroatoms. The van der Waals surface area contributed by atoms with E-state index >= 15 is 0 Å². The van der Waals surface area contributed by atoms with Gasteiger partial charge in [0, 0.05) is 23.9 Å². The molecule has 4 aliphatic rings. The van der Waals surface area contributed by atoms with Crippen LogP contribution in [0, 0.1) is 18.8 Å². The molecule has 4 atom stereocenters. The molecule has 0 aromatic heterocycles. The number of piperidine rings is 1. The van der Waals surface area contributed by atoms with Gasteiger partial charge in [-0.05, 0) is 56.2 Å². The fourth-order valence-electron chi connectivity index (χ4n) is 5.53. The standard InChI is InChI=1S/C20H25NO3/c1-12-2-5-14-9-16-18-19(23)24-17(22)10-20(18,15(14)8-12)6-7-21(16)11-13-3-4-13/h2,5,8,13,16,18-19,23H,3-4,6-7,9-11H2,1H3/t16-,18-,19?,20-/m1/s1. The normalized spacial score (nSPS) is 38.2. The number of cyclic esters (lactones) is 1. The van der Waals surface area contributed by atoms with E-state index in [9.17, 15) is 9.90 Å². The van der Waals surface area contributed by atoms with Crippen LogP contribution in [0.3, 0.4) is 0 Å². The van der Waals surface area contributed by atoms with Crippen LogP contribution in [0.1, 0.15) is 42.4 Å². The lowest BCUT2D eigenvalue weighted by Crippen LogP contribution is -2.66. The molecule has 1 N–H and O–H groups in total. The molecule has 0 radical (unpaired) electrons. The van der Waals surface area contributed by atoms with Gasteiger partial charge in [0.2, 0.25) is 6.29 Å². The highest BCUT2D eigenvalue weighted by molar-refractivity contribution is 5.74. The lowest BCUT2D eigenvalue weighted by molar-refractivity contribution is -0.219. The van der Waals surface area contributed by atoms with Crippen LogP contribution < -0.4 is 0 Å². The SMILES string of the molecule is Cc1ccc2c(c1)[C@]13CCN(CC4CC4)[C@H](C2)[C@@H]1C(O)OC(=O)C3. The summed E-state index contributed by atoms with van der Waals surface area (Å²) < 4.78 is 5.29. The van der Waals surface area contributed by atoms with Crippen molar-refractivity contribution in [1.82, 2.24) is 4.90 Å². The first-order valence-corrected chi connectivity index (χ1v) is 9.28. The number of aliphatic hydroxyl groups is 1. The van der Waals surface area contributed by atoms with Crippen molar-refractivity contribution in [2.75, 3.05) is 13.1 Å². The van der Waals surface area contributed by atoms with Crippen molar-refractivity contribution >= 4 is 5.97 Å². The summed E-state index contributed by atoms with van der Waals surface area (Å²) in [5.41, 5.74) is 3.66. The number of likely N-dealkylation sites (tertiary alicyclic amines) is 1. The predicted octanol–water partition coefficient (Wildman–Crippen LogP) is 2.15. The van der Waals surface area contributed by atoms with Gasteiger partial charge in [-0.25, -0.2) is 0 Å². The third kappa shape index (κ3) is 2.09. The molecule has 24 heavy (non-hydrogen) atoms. The fourth-order valence-corrected chi connectivity index (χ4v) is 5.53. The Balaban J connectivity index is 1.63. The van der Waals surface area contributed by atoms with Gasteiger partial charge >= 0.3 is 5.97 Å². The zero-order valence-corrected chi connectivity index (χ0v) is 14.2. The minimum atomic E-state index is -0.966.